The first-order valence-electron chi connectivity index (χ1n) is 2.91. The molecule has 2 nitrogen and oxygen atoms in total. The average molecular weight is 201 g/mol. The SMILES string of the molecule is Cc1c(Br)oc2ccoc12. The molecule has 0 amide bonds. The van der Waals surface area contributed by atoms with Gasteiger partial charge in [0, 0.05) is 11.6 Å². The minimum absolute atomic E-state index is 0.752. The van der Waals surface area contributed by atoms with Crippen molar-refractivity contribution in [3.63, 3.8) is 0 Å². The van der Waals surface area contributed by atoms with Gasteiger partial charge in [-0.25, -0.2) is 0 Å². The van der Waals surface area contributed by atoms with Crippen LogP contribution in [-0.2, 0) is 0 Å². The molecule has 0 saturated carbocycles. The van der Waals surface area contributed by atoms with Crippen molar-refractivity contribution in [3.8, 4) is 0 Å². The largest absolute Gasteiger partial charge is 0.460 e. The fraction of sp³-hybridized carbons (Fsp3) is 0.143. The fourth-order valence-corrected chi connectivity index (χ4v) is 1.27. The summed E-state index contributed by atoms with van der Waals surface area (Å²) in [5.74, 6) is 0. The smallest absolute Gasteiger partial charge is 0.176 e. The molecule has 0 spiro atoms. The summed E-state index contributed by atoms with van der Waals surface area (Å²) in [7, 11) is 0. The molecule has 0 bridgehead atoms. The van der Waals surface area contributed by atoms with Crippen molar-refractivity contribution in [1.29, 1.82) is 0 Å². The van der Waals surface area contributed by atoms with Crippen molar-refractivity contribution in [2.75, 3.05) is 0 Å². The molecule has 0 saturated heterocycles. The Balaban J connectivity index is 2.95. The van der Waals surface area contributed by atoms with Gasteiger partial charge < -0.3 is 8.83 Å². The Morgan fingerprint density at radius 3 is 3.00 bits per heavy atom. The number of furan rings is 2. The van der Waals surface area contributed by atoms with Gasteiger partial charge in [0.05, 0.1) is 6.26 Å². The molecule has 0 fully saturated rings. The first kappa shape index (κ1) is 6.04. The quantitative estimate of drug-likeness (QED) is 0.654. The van der Waals surface area contributed by atoms with E-state index < -0.39 is 0 Å². The van der Waals surface area contributed by atoms with Crippen LogP contribution in [0.1, 0.15) is 5.56 Å². The highest BCUT2D eigenvalue weighted by molar-refractivity contribution is 9.10. The van der Waals surface area contributed by atoms with Crippen molar-refractivity contribution in [2.24, 2.45) is 0 Å². The van der Waals surface area contributed by atoms with Crippen LogP contribution < -0.4 is 0 Å². The Morgan fingerprint density at radius 1 is 1.50 bits per heavy atom. The van der Waals surface area contributed by atoms with Crippen LogP contribution in [0.4, 0.5) is 0 Å². The van der Waals surface area contributed by atoms with Crippen LogP contribution in [0.25, 0.3) is 11.2 Å². The zero-order valence-corrected chi connectivity index (χ0v) is 6.94. The van der Waals surface area contributed by atoms with E-state index in [1.54, 1.807) is 12.3 Å². The molecule has 2 heterocycles. The standard InChI is InChI=1S/C7H5BrO2/c1-4-6-5(2-3-9-6)10-7(4)8/h2-3H,1H3. The fourth-order valence-electron chi connectivity index (χ4n) is 0.914. The molecule has 0 N–H and O–H groups in total. The zero-order valence-electron chi connectivity index (χ0n) is 5.35. The van der Waals surface area contributed by atoms with Gasteiger partial charge in [0.1, 0.15) is 0 Å². The summed E-state index contributed by atoms with van der Waals surface area (Å²) in [6.45, 7) is 1.94. The van der Waals surface area contributed by atoms with Crippen molar-refractivity contribution in [1.82, 2.24) is 0 Å². The molecule has 0 aliphatic heterocycles. The van der Waals surface area contributed by atoms with Gasteiger partial charge in [-0.3, -0.25) is 0 Å². The van der Waals surface area contributed by atoms with Crippen molar-refractivity contribution < 1.29 is 8.83 Å². The summed E-state index contributed by atoms with van der Waals surface area (Å²) in [6, 6.07) is 1.80. The topological polar surface area (TPSA) is 26.3 Å². The Hall–Kier alpha value is -0.700. The van der Waals surface area contributed by atoms with E-state index in [2.05, 4.69) is 15.9 Å². The second-order valence-corrected chi connectivity index (χ2v) is 2.83. The highest BCUT2D eigenvalue weighted by atomic mass is 79.9. The Morgan fingerprint density at radius 2 is 2.30 bits per heavy atom. The summed E-state index contributed by atoms with van der Waals surface area (Å²) < 4.78 is 11.2. The van der Waals surface area contributed by atoms with Crippen LogP contribution in [0.15, 0.2) is 25.8 Å². The molecule has 0 atom stereocenters. The lowest BCUT2D eigenvalue weighted by molar-refractivity contribution is 0.584. The van der Waals surface area contributed by atoms with E-state index >= 15 is 0 Å². The third-order valence-electron chi connectivity index (χ3n) is 1.46. The van der Waals surface area contributed by atoms with E-state index in [9.17, 15) is 0 Å². The lowest BCUT2D eigenvalue weighted by Crippen LogP contribution is -1.61. The second-order valence-electron chi connectivity index (χ2n) is 2.11. The minimum atomic E-state index is 0.752. The molecule has 2 aromatic heterocycles. The Labute approximate surface area is 65.9 Å². The highest BCUT2D eigenvalue weighted by Crippen LogP contribution is 2.29. The molecule has 0 radical (unpaired) electrons. The van der Waals surface area contributed by atoms with Gasteiger partial charge in [0.25, 0.3) is 0 Å². The van der Waals surface area contributed by atoms with E-state index in [-0.39, 0.29) is 0 Å². The van der Waals surface area contributed by atoms with Gasteiger partial charge in [-0.15, -0.1) is 0 Å². The molecule has 0 aliphatic carbocycles. The minimum Gasteiger partial charge on any atom is -0.460 e. The number of rotatable bonds is 0. The van der Waals surface area contributed by atoms with E-state index in [0.717, 1.165) is 21.4 Å². The van der Waals surface area contributed by atoms with Crippen molar-refractivity contribution in [3.05, 3.63) is 22.6 Å². The summed E-state index contributed by atoms with van der Waals surface area (Å²) in [6.07, 6.45) is 1.62. The molecule has 2 rings (SSSR count). The summed E-state index contributed by atoms with van der Waals surface area (Å²) in [5, 5.41) is 0. The maximum absolute atomic E-state index is 5.26. The van der Waals surface area contributed by atoms with E-state index in [4.69, 9.17) is 8.83 Å². The lowest BCUT2D eigenvalue weighted by atomic mass is 10.3. The molecule has 0 aliphatic rings. The first-order chi connectivity index (χ1) is 4.79. The van der Waals surface area contributed by atoms with E-state index in [1.807, 2.05) is 6.92 Å². The van der Waals surface area contributed by atoms with Gasteiger partial charge in [0.15, 0.2) is 15.8 Å². The van der Waals surface area contributed by atoms with Gasteiger partial charge in [0.2, 0.25) is 0 Å². The maximum atomic E-state index is 5.26. The van der Waals surface area contributed by atoms with Crippen LogP contribution in [0.3, 0.4) is 0 Å². The molecule has 3 heteroatoms. The molecule has 10 heavy (non-hydrogen) atoms. The van der Waals surface area contributed by atoms with Crippen LogP contribution >= 0.6 is 15.9 Å². The maximum Gasteiger partial charge on any atom is 0.176 e. The van der Waals surface area contributed by atoms with Crippen LogP contribution in [0, 0.1) is 6.92 Å². The van der Waals surface area contributed by atoms with Gasteiger partial charge in [-0.1, -0.05) is 0 Å². The monoisotopic (exact) mass is 200 g/mol. The first-order valence-corrected chi connectivity index (χ1v) is 3.70. The highest BCUT2D eigenvalue weighted by Gasteiger charge is 2.09. The van der Waals surface area contributed by atoms with Crippen LogP contribution in [0.5, 0.6) is 0 Å². The predicted octanol–water partition coefficient (Wildman–Crippen LogP) is 3.10. The molecule has 0 aromatic carbocycles. The summed E-state index contributed by atoms with van der Waals surface area (Å²) in [5.41, 5.74) is 2.64. The van der Waals surface area contributed by atoms with Gasteiger partial charge in [-0.05, 0) is 22.9 Å². The number of hydrogen-bond donors (Lipinski definition) is 0. The Kier molecular flexibility index (Phi) is 1.14. The summed E-state index contributed by atoms with van der Waals surface area (Å²) >= 11 is 3.26. The normalized spacial score (nSPS) is 11.0. The molecule has 2 aromatic rings. The number of halogens is 1. The molecule has 0 unspecified atom stereocenters. The molecular weight excluding hydrogens is 196 g/mol. The zero-order chi connectivity index (χ0) is 7.14. The number of fused-ring (bicyclic) bond motifs is 1. The van der Waals surface area contributed by atoms with E-state index in [1.165, 1.54) is 0 Å². The van der Waals surface area contributed by atoms with Crippen LogP contribution in [-0.4, -0.2) is 0 Å². The molecule has 52 valence electrons. The second kappa shape index (κ2) is 1.89. The van der Waals surface area contributed by atoms with Gasteiger partial charge in [-0.2, -0.15) is 0 Å². The van der Waals surface area contributed by atoms with Crippen molar-refractivity contribution in [2.45, 2.75) is 6.92 Å². The Bertz CT molecular complexity index is 358. The number of hydrogen-bond acceptors (Lipinski definition) is 2. The van der Waals surface area contributed by atoms with Crippen molar-refractivity contribution >= 4 is 27.1 Å². The number of aryl methyl sites for hydroxylation is 1. The average Bonchev–Trinajstić information content (AvgIpc) is 2.41. The third-order valence-corrected chi connectivity index (χ3v) is 2.22. The summed E-state index contributed by atoms with van der Waals surface area (Å²) in [4.78, 5) is 0. The molecular formula is C7H5BrO2. The third kappa shape index (κ3) is 0.639. The lowest BCUT2D eigenvalue weighted by Gasteiger charge is -1.79. The van der Waals surface area contributed by atoms with E-state index in [0.29, 0.717) is 0 Å². The predicted molar refractivity (Wildman–Crippen MR) is 40.9 cm³/mol. The van der Waals surface area contributed by atoms with Gasteiger partial charge >= 0.3 is 0 Å². The van der Waals surface area contributed by atoms with Crippen LogP contribution in [0.2, 0.25) is 0 Å².